The first-order chi connectivity index (χ1) is 14.8. The van der Waals surface area contributed by atoms with Crippen LogP contribution in [-0.4, -0.2) is 21.0 Å². The molecule has 31 heavy (non-hydrogen) atoms. The Balaban J connectivity index is 1.81. The van der Waals surface area contributed by atoms with Crippen LogP contribution >= 0.6 is 35.4 Å². The Labute approximate surface area is 197 Å². The first-order valence-electron chi connectivity index (χ1n) is 9.51. The van der Waals surface area contributed by atoms with Gasteiger partial charge in [-0.3, -0.25) is 5.32 Å². The van der Waals surface area contributed by atoms with Gasteiger partial charge < -0.3 is 10.6 Å². The lowest BCUT2D eigenvalue weighted by Gasteiger charge is -2.15. The lowest BCUT2D eigenvalue weighted by molar-refractivity contribution is 1.03. The molecule has 2 aromatic carbocycles. The molecular formula is C22H22Cl2N6S. The number of nitrogens with zero attached hydrogens (tertiary/aromatic N) is 3. The van der Waals surface area contributed by atoms with Gasteiger partial charge in [-0.25, -0.2) is 15.0 Å². The molecule has 0 atom stereocenters. The molecule has 0 spiro atoms. The summed E-state index contributed by atoms with van der Waals surface area (Å²) >= 11 is 18.0. The number of halogens is 2. The number of hydrogen-bond donors (Lipinski definition) is 3. The van der Waals surface area contributed by atoms with Crippen LogP contribution in [-0.2, 0) is 6.54 Å². The van der Waals surface area contributed by atoms with E-state index in [0.29, 0.717) is 39.3 Å². The summed E-state index contributed by atoms with van der Waals surface area (Å²) in [5.74, 6) is 0.796. The summed E-state index contributed by atoms with van der Waals surface area (Å²) < 4.78 is 0. The van der Waals surface area contributed by atoms with Crippen molar-refractivity contribution < 1.29 is 0 Å². The number of aromatic nitrogens is 2. The van der Waals surface area contributed by atoms with Crippen LogP contribution in [0, 0.1) is 20.8 Å². The minimum absolute atomic E-state index is 0.320. The fourth-order valence-corrected chi connectivity index (χ4v) is 3.46. The molecule has 0 amide bonds. The number of aryl methyl sites for hydroxylation is 3. The first kappa shape index (κ1) is 22.9. The van der Waals surface area contributed by atoms with Gasteiger partial charge in [0.25, 0.3) is 0 Å². The van der Waals surface area contributed by atoms with Crippen molar-refractivity contribution in [1.29, 1.82) is 0 Å². The summed E-state index contributed by atoms with van der Waals surface area (Å²) in [5.41, 5.74) is 4.31. The SMILES string of the molecule is Cc1ccc(NC(=S)NC(=NCc2ccccc2Cl)Nc2nc(C)cc(C)n2)c(Cl)c1. The molecule has 6 nitrogen and oxygen atoms in total. The van der Waals surface area contributed by atoms with Gasteiger partial charge in [-0.05, 0) is 68.4 Å². The lowest BCUT2D eigenvalue weighted by Crippen LogP contribution is -2.39. The van der Waals surface area contributed by atoms with Crippen molar-refractivity contribution in [3.63, 3.8) is 0 Å². The average Bonchev–Trinajstić information content (AvgIpc) is 2.68. The molecule has 3 rings (SSSR count). The van der Waals surface area contributed by atoms with Crippen LogP contribution in [0.25, 0.3) is 0 Å². The summed E-state index contributed by atoms with van der Waals surface area (Å²) in [6.07, 6.45) is 0. The van der Waals surface area contributed by atoms with Crippen LogP contribution in [0.15, 0.2) is 53.5 Å². The van der Waals surface area contributed by atoms with Crippen LogP contribution in [0.5, 0.6) is 0 Å². The quantitative estimate of drug-likeness (QED) is 0.258. The Hall–Kier alpha value is -2.74. The molecule has 0 bridgehead atoms. The minimum atomic E-state index is 0.320. The van der Waals surface area contributed by atoms with Crippen molar-refractivity contribution in [2.75, 3.05) is 10.6 Å². The molecule has 0 radical (unpaired) electrons. The fourth-order valence-electron chi connectivity index (χ4n) is 2.77. The van der Waals surface area contributed by atoms with Gasteiger partial charge in [0.1, 0.15) is 0 Å². The van der Waals surface area contributed by atoms with E-state index in [4.69, 9.17) is 35.4 Å². The maximum absolute atomic E-state index is 6.30. The lowest BCUT2D eigenvalue weighted by atomic mass is 10.2. The Morgan fingerprint density at radius 3 is 2.32 bits per heavy atom. The maximum atomic E-state index is 6.30. The van der Waals surface area contributed by atoms with Gasteiger partial charge in [-0.1, -0.05) is 47.5 Å². The third-order valence-corrected chi connectivity index (χ3v) is 5.07. The van der Waals surface area contributed by atoms with Gasteiger partial charge in [-0.15, -0.1) is 0 Å². The number of benzene rings is 2. The predicted octanol–water partition coefficient (Wildman–Crippen LogP) is 5.66. The van der Waals surface area contributed by atoms with E-state index in [1.54, 1.807) is 0 Å². The third kappa shape index (κ3) is 6.89. The zero-order chi connectivity index (χ0) is 22.4. The van der Waals surface area contributed by atoms with E-state index in [0.717, 1.165) is 22.5 Å². The minimum Gasteiger partial charge on any atom is -0.331 e. The Bertz CT molecular complexity index is 1110. The normalized spacial score (nSPS) is 11.2. The fraction of sp³-hybridized carbons (Fsp3) is 0.182. The van der Waals surface area contributed by atoms with Crippen LogP contribution in [0.3, 0.4) is 0 Å². The molecular weight excluding hydrogens is 451 g/mol. The number of thiocarbonyl (C=S) groups is 1. The smallest absolute Gasteiger partial charge is 0.229 e. The highest BCUT2D eigenvalue weighted by Crippen LogP contribution is 2.22. The van der Waals surface area contributed by atoms with Gasteiger partial charge in [0.2, 0.25) is 11.9 Å². The van der Waals surface area contributed by atoms with E-state index in [1.165, 1.54) is 0 Å². The van der Waals surface area contributed by atoms with E-state index < -0.39 is 0 Å². The van der Waals surface area contributed by atoms with Gasteiger partial charge >= 0.3 is 0 Å². The molecule has 1 heterocycles. The van der Waals surface area contributed by atoms with E-state index in [-0.39, 0.29) is 0 Å². The van der Waals surface area contributed by atoms with Crippen molar-refractivity contribution in [3.05, 3.63) is 81.1 Å². The molecule has 3 N–H and O–H groups in total. The van der Waals surface area contributed by atoms with E-state index in [2.05, 4.69) is 30.9 Å². The van der Waals surface area contributed by atoms with E-state index >= 15 is 0 Å². The van der Waals surface area contributed by atoms with Crippen LogP contribution in [0.1, 0.15) is 22.5 Å². The first-order valence-corrected chi connectivity index (χ1v) is 10.7. The zero-order valence-corrected chi connectivity index (χ0v) is 19.7. The highest BCUT2D eigenvalue weighted by Gasteiger charge is 2.09. The maximum Gasteiger partial charge on any atom is 0.229 e. The standard InChI is InChI=1S/C22H22Cl2N6S/c1-13-8-9-19(18(24)10-13)28-22(31)30-20(25-12-16-6-4-5-7-17(16)23)29-21-26-14(2)11-15(3)27-21/h4-11H,12H2,1-3H3,(H3,25,26,27,28,29,30,31). The molecule has 0 saturated heterocycles. The van der Waals surface area contributed by atoms with Crippen LogP contribution in [0.4, 0.5) is 11.6 Å². The van der Waals surface area contributed by atoms with Gasteiger partial charge in [0, 0.05) is 16.4 Å². The molecule has 0 aliphatic rings. The third-order valence-electron chi connectivity index (χ3n) is 4.18. The highest BCUT2D eigenvalue weighted by atomic mass is 35.5. The molecule has 1 aromatic heterocycles. The summed E-state index contributed by atoms with van der Waals surface area (Å²) in [5, 5.41) is 10.8. The van der Waals surface area contributed by atoms with Crippen LogP contribution in [0.2, 0.25) is 10.0 Å². The molecule has 160 valence electrons. The second-order valence-electron chi connectivity index (χ2n) is 6.92. The molecule has 9 heteroatoms. The predicted molar refractivity (Wildman–Crippen MR) is 133 cm³/mol. The molecule has 0 fully saturated rings. The van der Waals surface area contributed by atoms with Crippen molar-refractivity contribution in [1.82, 2.24) is 15.3 Å². The van der Waals surface area contributed by atoms with Crippen LogP contribution < -0.4 is 16.0 Å². The molecule has 0 aliphatic carbocycles. The topological polar surface area (TPSA) is 74.2 Å². The zero-order valence-electron chi connectivity index (χ0n) is 17.3. The van der Waals surface area contributed by atoms with Crippen molar-refractivity contribution in [2.24, 2.45) is 4.99 Å². The van der Waals surface area contributed by atoms with Crippen molar-refractivity contribution in [3.8, 4) is 0 Å². The monoisotopic (exact) mass is 472 g/mol. The van der Waals surface area contributed by atoms with E-state index in [9.17, 15) is 0 Å². The summed E-state index contributed by atoms with van der Waals surface area (Å²) in [4.78, 5) is 13.4. The number of anilines is 2. The number of aliphatic imine (C=N–C) groups is 1. The number of hydrogen-bond acceptors (Lipinski definition) is 4. The van der Waals surface area contributed by atoms with Gasteiger partial charge in [0.05, 0.1) is 17.3 Å². The second kappa shape index (κ2) is 10.5. The van der Waals surface area contributed by atoms with Gasteiger partial charge in [-0.2, -0.15) is 0 Å². The highest BCUT2D eigenvalue weighted by molar-refractivity contribution is 7.80. The summed E-state index contributed by atoms with van der Waals surface area (Å²) in [6, 6.07) is 15.1. The molecule has 0 unspecified atom stereocenters. The molecule has 0 saturated carbocycles. The van der Waals surface area contributed by atoms with Crippen molar-refractivity contribution >= 4 is 58.1 Å². The average molecular weight is 473 g/mol. The summed E-state index contributed by atoms with van der Waals surface area (Å²) in [6.45, 7) is 6.12. The van der Waals surface area contributed by atoms with E-state index in [1.807, 2.05) is 69.3 Å². The molecule has 3 aromatic rings. The number of nitrogens with one attached hydrogen (secondary N) is 3. The number of guanidine groups is 1. The Morgan fingerprint density at radius 2 is 1.65 bits per heavy atom. The Kier molecular flexibility index (Phi) is 7.79. The second-order valence-corrected chi connectivity index (χ2v) is 8.14. The largest absolute Gasteiger partial charge is 0.331 e. The molecule has 0 aliphatic heterocycles. The van der Waals surface area contributed by atoms with Gasteiger partial charge in [0.15, 0.2) is 5.11 Å². The van der Waals surface area contributed by atoms with Crippen molar-refractivity contribution in [2.45, 2.75) is 27.3 Å². The summed E-state index contributed by atoms with van der Waals surface area (Å²) in [7, 11) is 0. The number of rotatable bonds is 4. The Morgan fingerprint density at radius 1 is 0.935 bits per heavy atom.